The Balaban J connectivity index is 0.00000351. The van der Waals surface area contributed by atoms with E-state index in [1.165, 1.54) is 31.9 Å². The van der Waals surface area contributed by atoms with Crippen LogP contribution >= 0.6 is 22.7 Å². The molecule has 0 atom stereocenters. The molecule has 8 rings (SSSR count). The average molecular weight is 793 g/mol. The maximum absolute atomic E-state index is 8.02. The van der Waals surface area contributed by atoms with Crippen LogP contribution in [0.5, 0.6) is 10.8 Å². The predicted octanol–water partition coefficient (Wildman–Crippen LogP) is 10.7. The van der Waals surface area contributed by atoms with E-state index in [2.05, 4.69) is 74.7 Å². The standard InChI is InChI=1S/C37H28N3OS2.Pt/c1-37(2,3)25-12-14-38-30(19-25)36-28-16-23-13-15-42-33(23)17-24(28)18-34-29(36)21-35(43-34)41-27-9-7-8-26(20-27)40-22-39(4)31-10-5-6-11-32(31)40;/h5-19,22H,1-4H3;/q-3;/i4D3;. The Morgan fingerprint density at radius 1 is 0.909 bits per heavy atom. The van der Waals surface area contributed by atoms with Crippen molar-refractivity contribution in [2.75, 3.05) is 16.8 Å². The molecule has 0 bridgehead atoms. The number of pyridine rings is 1. The Kier molecular flexibility index (Phi) is 6.42. The fourth-order valence-corrected chi connectivity index (χ4v) is 7.39. The molecule has 1 aliphatic heterocycles. The summed E-state index contributed by atoms with van der Waals surface area (Å²) in [5.41, 5.74) is 5.20. The van der Waals surface area contributed by atoms with Gasteiger partial charge >= 0.3 is 0 Å². The van der Waals surface area contributed by atoms with E-state index in [0.29, 0.717) is 22.2 Å². The van der Waals surface area contributed by atoms with Crippen LogP contribution in [-0.2, 0) is 26.5 Å². The Bertz CT molecular complexity index is 2290. The van der Waals surface area contributed by atoms with Gasteiger partial charge in [-0.15, -0.1) is 41.3 Å². The molecule has 0 N–H and O–H groups in total. The van der Waals surface area contributed by atoms with Crippen LogP contribution in [0.4, 0.5) is 17.1 Å². The van der Waals surface area contributed by atoms with E-state index in [9.17, 15) is 0 Å². The van der Waals surface area contributed by atoms with Gasteiger partial charge in [-0.1, -0.05) is 60.7 Å². The van der Waals surface area contributed by atoms with Crippen molar-refractivity contribution in [2.45, 2.75) is 26.2 Å². The molecule has 0 unspecified atom stereocenters. The number of aromatic nitrogens is 1. The monoisotopic (exact) mass is 792 g/mol. The number of fused-ring (bicyclic) bond motifs is 4. The summed E-state index contributed by atoms with van der Waals surface area (Å²) < 4.78 is 32.8. The molecule has 0 radical (unpaired) electrons. The second kappa shape index (κ2) is 11.0. The van der Waals surface area contributed by atoms with Crippen LogP contribution in [0.1, 0.15) is 30.4 Å². The van der Waals surface area contributed by atoms with Gasteiger partial charge in [0.25, 0.3) is 0 Å². The van der Waals surface area contributed by atoms with Crippen LogP contribution in [0.25, 0.3) is 42.2 Å². The van der Waals surface area contributed by atoms with Gasteiger partial charge in [0.05, 0.1) is 0 Å². The summed E-state index contributed by atoms with van der Waals surface area (Å²) in [4.78, 5) is 8.00. The van der Waals surface area contributed by atoms with Gasteiger partial charge in [-0.05, 0) is 70.5 Å². The first kappa shape index (κ1) is 25.6. The minimum absolute atomic E-state index is 0. The molecule has 0 saturated carbocycles. The zero-order valence-corrected chi connectivity index (χ0v) is 28.0. The summed E-state index contributed by atoms with van der Waals surface area (Å²) in [7, 11) is 0. The molecule has 4 nitrogen and oxygen atoms in total. The average Bonchev–Trinajstić information content (AvgIpc) is 3.75. The molecule has 0 amide bonds. The minimum atomic E-state index is -2.32. The van der Waals surface area contributed by atoms with Crippen LogP contribution in [0.3, 0.4) is 0 Å². The molecule has 1 aliphatic rings. The molecule has 0 fully saturated rings. The van der Waals surface area contributed by atoms with Crippen molar-refractivity contribution in [2.24, 2.45) is 0 Å². The van der Waals surface area contributed by atoms with Crippen molar-refractivity contribution in [1.29, 1.82) is 0 Å². The summed E-state index contributed by atoms with van der Waals surface area (Å²) in [6, 6.07) is 33.2. The van der Waals surface area contributed by atoms with Gasteiger partial charge in [-0.2, -0.15) is 29.5 Å². The van der Waals surface area contributed by atoms with E-state index in [1.807, 2.05) is 53.6 Å². The minimum Gasteiger partial charge on any atom is -0.504 e. The summed E-state index contributed by atoms with van der Waals surface area (Å²) in [6.45, 7) is 5.92. The van der Waals surface area contributed by atoms with Crippen molar-refractivity contribution in [1.82, 2.24) is 4.98 Å². The first-order chi connectivity index (χ1) is 22.0. The number of rotatable bonds is 4. The smallest absolute Gasteiger partial charge is 0.107 e. The molecule has 7 heteroatoms. The van der Waals surface area contributed by atoms with Crippen molar-refractivity contribution in [3.05, 3.63) is 115 Å². The van der Waals surface area contributed by atoms with Crippen molar-refractivity contribution in [3.63, 3.8) is 0 Å². The van der Waals surface area contributed by atoms with Gasteiger partial charge < -0.3 is 14.5 Å². The zero-order chi connectivity index (χ0) is 31.8. The number of hydrogen-bond acceptors (Lipinski definition) is 6. The number of hydrogen-bond donors (Lipinski definition) is 0. The van der Waals surface area contributed by atoms with E-state index in [0.717, 1.165) is 37.8 Å². The number of nitrogens with zero attached hydrogens (tertiary/aromatic N) is 3. The molecule has 0 spiro atoms. The van der Waals surface area contributed by atoms with Crippen LogP contribution in [0.2, 0.25) is 0 Å². The van der Waals surface area contributed by atoms with Gasteiger partial charge in [0.1, 0.15) is 5.06 Å². The fourth-order valence-electron chi connectivity index (χ4n) is 5.65. The van der Waals surface area contributed by atoms with Gasteiger partial charge in [0.15, 0.2) is 0 Å². The van der Waals surface area contributed by atoms with E-state index >= 15 is 0 Å². The second-order valence-electron chi connectivity index (χ2n) is 11.7. The molecule has 4 heterocycles. The van der Waals surface area contributed by atoms with E-state index in [4.69, 9.17) is 13.8 Å². The molecular weight excluding hydrogens is 762 g/mol. The van der Waals surface area contributed by atoms with Crippen LogP contribution in [0, 0.1) is 18.8 Å². The van der Waals surface area contributed by atoms with E-state index in [-0.39, 0.29) is 26.5 Å². The molecule has 7 aromatic rings. The number of para-hydroxylation sites is 2. The second-order valence-corrected chi connectivity index (χ2v) is 13.7. The number of thiophene rings is 2. The summed E-state index contributed by atoms with van der Waals surface area (Å²) in [5.74, 6) is 0.512. The third-order valence-corrected chi connectivity index (χ3v) is 9.63. The van der Waals surface area contributed by atoms with Gasteiger partial charge in [-0.25, -0.2) is 0 Å². The fraction of sp³-hybridized carbons (Fsp3) is 0.135. The first-order valence-corrected chi connectivity index (χ1v) is 15.7. The van der Waals surface area contributed by atoms with Gasteiger partial charge in [-0.3, -0.25) is 4.98 Å². The Hall–Kier alpha value is -3.70. The predicted molar refractivity (Wildman–Crippen MR) is 182 cm³/mol. The zero-order valence-electron chi connectivity index (χ0n) is 27.1. The third-order valence-electron chi connectivity index (χ3n) is 7.84. The molecule has 222 valence electrons. The van der Waals surface area contributed by atoms with Crippen molar-refractivity contribution >= 4 is 70.7 Å². The third kappa shape index (κ3) is 4.99. The topological polar surface area (TPSA) is 28.6 Å². The Morgan fingerprint density at radius 2 is 1.75 bits per heavy atom. The molecular formula is C37H28N3OPtS2-3. The normalized spacial score (nSPS) is 14.4. The maximum Gasteiger partial charge on any atom is 0.107 e. The molecule has 0 saturated heterocycles. The quantitative estimate of drug-likeness (QED) is 0.166. The summed E-state index contributed by atoms with van der Waals surface area (Å²) in [5, 5.41) is 7.20. The molecule has 4 aromatic carbocycles. The van der Waals surface area contributed by atoms with E-state index < -0.39 is 6.98 Å². The van der Waals surface area contributed by atoms with Gasteiger partial charge in [0.2, 0.25) is 0 Å². The SMILES string of the molecule is [2H]C([2H])([2H])N1[CH-]N(c2[c-]c(Oc3[c-]c4c(-c5cc(C(C)(C)C)ccn5)c5cc6ccsc6cc5cc4s3)ccc2)c2ccccc21.[Pt]. The van der Waals surface area contributed by atoms with Gasteiger partial charge in [0, 0.05) is 58.9 Å². The van der Waals surface area contributed by atoms with Crippen LogP contribution in [0.15, 0.2) is 90.4 Å². The molecule has 0 aliphatic carbocycles. The molecule has 44 heavy (non-hydrogen) atoms. The summed E-state index contributed by atoms with van der Waals surface area (Å²) in [6.07, 6.45) is 1.90. The van der Waals surface area contributed by atoms with E-state index in [1.54, 1.807) is 18.0 Å². The maximum atomic E-state index is 8.02. The summed E-state index contributed by atoms with van der Waals surface area (Å²) >= 11 is 3.28. The number of anilines is 3. The number of ether oxygens (including phenoxy) is 1. The Labute approximate surface area is 284 Å². The largest absolute Gasteiger partial charge is 0.504 e. The van der Waals surface area contributed by atoms with Crippen LogP contribution in [-0.4, -0.2) is 12.0 Å². The molecule has 3 aromatic heterocycles. The first-order valence-electron chi connectivity index (χ1n) is 15.5. The number of benzene rings is 4. The Morgan fingerprint density at radius 3 is 2.59 bits per heavy atom. The van der Waals surface area contributed by atoms with Crippen molar-refractivity contribution < 1.29 is 29.9 Å². The van der Waals surface area contributed by atoms with Crippen molar-refractivity contribution in [3.8, 4) is 22.1 Å². The van der Waals surface area contributed by atoms with Crippen LogP contribution < -0.4 is 14.5 Å².